The minimum absolute atomic E-state index is 0. The molecule has 0 N–H and O–H groups in total. The Hall–Kier alpha value is -1.12. The van der Waals surface area contributed by atoms with E-state index in [1.807, 2.05) is 0 Å². The summed E-state index contributed by atoms with van der Waals surface area (Å²) >= 11 is -3.60. The van der Waals surface area contributed by atoms with Gasteiger partial charge in [0.25, 0.3) is 0 Å². The molecule has 37 heavy (non-hydrogen) atoms. The monoisotopic (exact) mass is 629 g/mol. The molecule has 2 atom stereocenters. The summed E-state index contributed by atoms with van der Waals surface area (Å²) in [6.45, 7) is 16.7. The topological polar surface area (TPSA) is 3.24 Å². The number of fused-ring (bicyclic) bond motifs is 2. The number of benzene rings is 2. The van der Waals surface area contributed by atoms with Gasteiger partial charge in [0, 0.05) is 0 Å². The summed E-state index contributed by atoms with van der Waals surface area (Å²) in [6.07, 6.45) is 5.09. The van der Waals surface area contributed by atoms with Gasteiger partial charge in [-0.2, -0.15) is 0 Å². The van der Waals surface area contributed by atoms with E-state index in [4.69, 9.17) is 0 Å². The third-order valence-electron chi connectivity index (χ3n) is 9.14. The molecule has 1 nitrogen and oxygen atoms in total. The van der Waals surface area contributed by atoms with E-state index in [2.05, 4.69) is 124 Å². The average molecular weight is 632 g/mol. The van der Waals surface area contributed by atoms with Crippen molar-refractivity contribution in [3.8, 4) is 11.1 Å². The molecule has 1 aliphatic heterocycles. The second-order valence-electron chi connectivity index (χ2n) is 12.6. The maximum atomic E-state index is 2.74. The summed E-state index contributed by atoms with van der Waals surface area (Å²) in [4.78, 5) is 2.51. The van der Waals surface area contributed by atoms with Gasteiger partial charge in [-0.15, -0.1) is 24.8 Å². The van der Waals surface area contributed by atoms with Gasteiger partial charge in [-0.1, -0.05) is 0 Å². The fourth-order valence-electron chi connectivity index (χ4n) is 7.32. The zero-order valence-corrected chi connectivity index (χ0v) is 29.4. The number of rotatable bonds is 4. The summed E-state index contributed by atoms with van der Waals surface area (Å²) in [5.41, 5.74) is 15.1. The molecule has 0 bridgehead atoms. The summed E-state index contributed by atoms with van der Waals surface area (Å²) in [5.74, 6) is 0.534. The Morgan fingerprint density at radius 3 is 2.14 bits per heavy atom. The number of likely N-dealkylation sites (N-methyl/N-ethyl adjacent to an activating group) is 1. The van der Waals surface area contributed by atoms with Crippen LogP contribution in [0.2, 0.25) is 9.26 Å². The van der Waals surface area contributed by atoms with E-state index in [1.165, 1.54) is 28.0 Å². The smallest absolute Gasteiger partial charge is 0.147 e. The number of allylic oxidation sites excluding steroid dienone is 4. The zero-order chi connectivity index (χ0) is 25.5. The summed E-state index contributed by atoms with van der Waals surface area (Å²) in [5, 5.41) is 0. The molecule has 0 spiro atoms. The average Bonchev–Trinajstić information content (AvgIpc) is 3.43. The first kappa shape index (κ1) is 30.4. The third kappa shape index (κ3) is 4.47. The molecule has 2 aromatic rings. The van der Waals surface area contributed by atoms with Gasteiger partial charge in [0.05, 0.1) is 0 Å². The number of halogens is 2. The summed E-state index contributed by atoms with van der Waals surface area (Å²) < 4.78 is 7.79. The molecule has 0 saturated carbocycles. The standard InChI is InChI=1S/C17H15.C13H18N.2CH3.2ClH.H2Si.Zr/c1-12-10-16-13(2)8-9-15(17(16)11-12)14-6-4-3-5-7-14;1-8(2)11-6-12-9(3)10(4)14(5)13(12)7-11;;;;;;/h3-11H,1-2H3;7-8,10H,1-5H3;2*1H3;2*1H;1H2;. The third-order valence-corrected chi connectivity index (χ3v) is 25.4. The zero-order valence-electron chi connectivity index (χ0n) is 23.9. The molecular weight excluding hydrogens is 589 g/mol. The van der Waals surface area contributed by atoms with Gasteiger partial charge in [0.2, 0.25) is 0 Å². The van der Waals surface area contributed by atoms with Crippen molar-refractivity contribution in [3.05, 3.63) is 96.5 Å². The van der Waals surface area contributed by atoms with E-state index in [0.29, 0.717) is 15.6 Å². The Balaban J connectivity index is 0.00000190. The molecule has 1 heterocycles. The van der Waals surface area contributed by atoms with Gasteiger partial charge in [0.15, 0.2) is 0 Å². The van der Waals surface area contributed by atoms with E-state index in [1.54, 1.807) is 31.1 Å². The Morgan fingerprint density at radius 2 is 1.54 bits per heavy atom. The molecule has 198 valence electrons. The fourth-order valence-corrected chi connectivity index (χ4v) is 26.4. The predicted molar refractivity (Wildman–Crippen MR) is 168 cm³/mol. The normalized spacial score (nSPS) is 21.0. The van der Waals surface area contributed by atoms with Crippen molar-refractivity contribution < 1.29 is 17.4 Å². The van der Waals surface area contributed by atoms with Gasteiger partial charge in [-0.25, -0.2) is 0 Å². The first-order valence-electron chi connectivity index (χ1n) is 13.2. The molecule has 5 rings (SSSR count). The van der Waals surface area contributed by atoms with Crippen LogP contribution in [0.3, 0.4) is 0 Å². The summed E-state index contributed by atoms with van der Waals surface area (Å²) in [6, 6.07) is 16.2. The molecule has 3 aliphatic rings. The molecule has 2 unspecified atom stereocenters. The number of hydrogen-bond acceptors (Lipinski definition) is 1. The van der Waals surface area contributed by atoms with Crippen LogP contribution in [0.1, 0.15) is 54.9 Å². The SMILES string of the molecule is CC1=Cc2c(-c3ccccc3)ccc(C)c2[CH]1[Zr]([CH3])([CH3])(=[SiH2])[C]1=C(C(C)C)C=C2C1=C(C)C(C)N2C.Cl.Cl. The van der Waals surface area contributed by atoms with Crippen LogP contribution in [0.5, 0.6) is 0 Å². The molecular formula is C32H43Cl2NSiZr. The molecule has 2 aliphatic carbocycles. The minimum atomic E-state index is -3.60. The molecule has 0 saturated heterocycles. The second-order valence-corrected chi connectivity index (χ2v) is 41.9. The number of aryl methyl sites for hydroxylation is 1. The largest absolute Gasteiger partial charge is 0.147 e. The van der Waals surface area contributed by atoms with Crippen LogP contribution < -0.4 is 0 Å². The van der Waals surface area contributed by atoms with Crippen molar-refractivity contribution in [2.24, 2.45) is 5.92 Å². The molecule has 0 amide bonds. The molecule has 0 radical (unpaired) electrons. The molecule has 0 fully saturated rings. The van der Waals surface area contributed by atoms with Gasteiger partial charge in [0.1, 0.15) is 0 Å². The number of nitrogens with zero attached hydrogens (tertiary/aromatic N) is 1. The van der Waals surface area contributed by atoms with E-state index < -0.39 is 17.4 Å². The predicted octanol–water partition coefficient (Wildman–Crippen LogP) is 8.76. The first-order chi connectivity index (χ1) is 16.3. The summed E-state index contributed by atoms with van der Waals surface area (Å²) in [7, 11) is 2.29. The van der Waals surface area contributed by atoms with Crippen molar-refractivity contribution in [2.45, 2.75) is 60.5 Å². The maximum absolute atomic E-state index is 3.60. The first-order valence-corrected chi connectivity index (χ1v) is 26.7. The second kappa shape index (κ2) is 10.1. The quantitative estimate of drug-likeness (QED) is 0.305. The Morgan fingerprint density at radius 1 is 0.919 bits per heavy atom. The van der Waals surface area contributed by atoms with Crippen molar-refractivity contribution in [2.75, 3.05) is 7.05 Å². The van der Waals surface area contributed by atoms with Crippen LogP contribution in [0, 0.1) is 12.8 Å². The van der Waals surface area contributed by atoms with Crippen molar-refractivity contribution in [3.63, 3.8) is 0 Å². The van der Waals surface area contributed by atoms with Crippen molar-refractivity contribution >= 4 is 37.8 Å². The molecule has 0 aromatic heterocycles. The van der Waals surface area contributed by atoms with Crippen LogP contribution in [0.15, 0.2) is 79.8 Å². The van der Waals surface area contributed by atoms with Gasteiger partial charge < -0.3 is 0 Å². The van der Waals surface area contributed by atoms with Crippen LogP contribution in [-0.2, 0) is 17.4 Å². The maximum Gasteiger partial charge on any atom is -0.147 e. The minimum Gasteiger partial charge on any atom is -0.147 e. The number of hydrogen-bond donors (Lipinski definition) is 0. The van der Waals surface area contributed by atoms with Crippen LogP contribution in [0.25, 0.3) is 17.2 Å². The van der Waals surface area contributed by atoms with E-state index >= 15 is 0 Å². The van der Waals surface area contributed by atoms with Crippen LogP contribution in [-0.4, -0.2) is 24.9 Å². The molecule has 5 heteroatoms. The molecule has 2 aromatic carbocycles. The van der Waals surface area contributed by atoms with E-state index in [0.717, 1.165) is 0 Å². The van der Waals surface area contributed by atoms with Gasteiger partial charge >= 0.3 is 216 Å². The Kier molecular flexibility index (Phi) is 8.33. The van der Waals surface area contributed by atoms with Gasteiger partial charge in [-0.3, -0.25) is 0 Å². The van der Waals surface area contributed by atoms with Crippen molar-refractivity contribution in [1.82, 2.24) is 4.90 Å². The van der Waals surface area contributed by atoms with Crippen molar-refractivity contribution in [1.29, 1.82) is 0 Å². The van der Waals surface area contributed by atoms with Crippen LogP contribution >= 0.6 is 24.8 Å². The Bertz CT molecular complexity index is 1450. The van der Waals surface area contributed by atoms with Gasteiger partial charge in [-0.05, 0) is 0 Å². The van der Waals surface area contributed by atoms with E-state index in [9.17, 15) is 0 Å². The Labute approximate surface area is 239 Å². The van der Waals surface area contributed by atoms with E-state index in [-0.39, 0.29) is 24.8 Å². The fraction of sp³-hybridized carbons (Fsp3) is 0.375. The van der Waals surface area contributed by atoms with Crippen LogP contribution in [0.4, 0.5) is 0 Å².